The topological polar surface area (TPSA) is 64.8 Å². The van der Waals surface area contributed by atoms with Crippen molar-refractivity contribution in [3.63, 3.8) is 0 Å². The van der Waals surface area contributed by atoms with Crippen LogP contribution >= 0.6 is 12.4 Å². The van der Waals surface area contributed by atoms with Gasteiger partial charge in [-0.25, -0.2) is 4.79 Å². The average Bonchev–Trinajstić information content (AvgIpc) is 2.31. The molecule has 0 aromatic rings. The number of ether oxygens (including phenoxy) is 1. The molecule has 1 aliphatic heterocycles. The Kier molecular flexibility index (Phi) is 4.64. The largest absolute Gasteiger partial charge is 0.442 e. The van der Waals surface area contributed by atoms with Crippen LogP contribution in [0.4, 0.5) is 4.79 Å². The molecule has 1 heterocycles. The smallest absolute Gasteiger partial charge is 0.434 e. The number of amides is 1. The summed E-state index contributed by atoms with van der Waals surface area (Å²) in [7, 11) is 0. The Morgan fingerprint density at radius 3 is 2.50 bits per heavy atom. The van der Waals surface area contributed by atoms with Crippen molar-refractivity contribution in [2.45, 2.75) is 32.4 Å². The van der Waals surface area contributed by atoms with E-state index in [2.05, 4.69) is 0 Å². The second-order valence-electron chi connectivity index (χ2n) is 4.10. The standard InChI is InChI=1S/C8H16N2O3.ClH/c1-8(2,3)13-7(11)10-4-6(9)5-12-10;/h6H,4-5,9H2,1-3H3;1H/t6-;/m0./s1. The number of hydrogen-bond acceptors (Lipinski definition) is 4. The number of carbonyl (C=O) groups is 1. The third-order valence-electron chi connectivity index (χ3n) is 1.44. The van der Waals surface area contributed by atoms with Gasteiger partial charge in [-0.1, -0.05) is 0 Å². The first-order valence-electron chi connectivity index (χ1n) is 4.27. The Morgan fingerprint density at radius 1 is 1.57 bits per heavy atom. The molecule has 0 radical (unpaired) electrons. The number of hydroxylamine groups is 2. The molecule has 1 amide bonds. The van der Waals surface area contributed by atoms with Crippen molar-refractivity contribution < 1.29 is 14.4 Å². The van der Waals surface area contributed by atoms with Gasteiger partial charge in [0.15, 0.2) is 0 Å². The predicted molar refractivity (Wildman–Crippen MR) is 54.1 cm³/mol. The quantitative estimate of drug-likeness (QED) is 0.665. The van der Waals surface area contributed by atoms with Gasteiger partial charge in [0.05, 0.1) is 19.2 Å². The Morgan fingerprint density at radius 2 is 2.14 bits per heavy atom. The summed E-state index contributed by atoms with van der Waals surface area (Å²) in [5.41, 5.74) is 5.06. The molecule has 1 rings (SSSR count). The molecular formula is C8H17ClN2O3. The highest BCUT2D eigenvalue weighted by atomic mass is 35.5. The zero-order chi connectivity index (χ0) is 10.1. The molecule has 1 atom stereocenters. The van der Waals surface area contributed by atoms with Gasteiger partial charge in [0.25, 0.3) is 0 Å². The fourth-order valence-electron chi connectivity index (χ4n) is 0.944. The van der Waals surface area contributed by atoms with E-state index in [1.807, 2.05) is 0 Å². The van der Waals surface area contributed by atoms with Crippen LogP contribution in [0, 0.1) is 0 Å². The Balaban J connectivity index is 0.00000169. The predicted octanol–water partition coefficient (Wildman–Crippen LogP) is 0.918. The molecule has 14 heavy (non-hydrogen) atoms. The first kappa shape index (κ1) is 13.5. The minimum absolute atomic E-state index is 0. The number of nitrogens with zero attached hydrogens (tertiary/aromatic N) is 1. The second-order valence-corrected chi connectivity index (χ2v) is 4.10. The maximum atomic E-state index is 11.3. The lowest BCUT2D eigenvalue weighted by molar-refractivity contribution is -0.107. The van der Waals surface area contributed by atoms with E-state index in [0.29, 0.717) is 13.2 Å². The molecule has 0 aromatic heterocycles. The van der Waals surface area contributed by atoms with Crippen molar-refractivity contribution in [2.24, 2.45) is 5.73 Å². The highest BCUT2D eigenvalue weighted by molar-refractivity contribution is 5.85. The van der Waals surface area contributed by atoms with Crippen molar-refractivity contribution in [1.29, 1.82) is 0 Å². The van der Waals surface area contributed by atoms with E-state index in [0.717, 1.165) is 5.06 Å². The SMILES string of the molecule is CC(C)(C)OC(=O)N1C[C@H](N)CO1.Cl. The van der Waals surface area contributed by atoms with Gasteiger partial charge < -0.3 is 10.5 Å². The van der Waals surface area contributed by atoms with Gasteiger partial charge in [0, 0.05) is 0 Å². The van der Waals surface area contributed by atoms with Crippen LogP contribution in [0.25, 0.3) is 0 Å². The molecule has 1 saturated heterocycles. The van der Waals surface area contributed by atoms with Crippen molar-refractivity contribution in [2.75, 3.05) is 13.2 Å². The molecule has 84 valence electrons. The zero-order valence-electron chi connectivity index (χ0n) is 8.65. The number of halogens is 1. The van der Waals surface area contributed by atoms with Crippen LogP contribution in [-0.2, 0) is 9.57 Å². The summed E-state index contributed by atoms with van der Waals surface area (Å²) in [4.78, 5) is 16.3. The average molecular weight is 225 g/mol. The van der Waals surface area contributed by atoms with Crippen LogP contribution in [-0.4, -0.2) is 36.0 Å². The normalized spacial score (nSPS) is 21.7. The van der Waals surface area contributed by atoms with Crippen LogP contribution in [0.5, 0.6) is 0 Å². The molecule has 1 aliphatic rings. The van der Waals surface area contributed by atoms with E-state index in [9.17, 15) is 4.79 Å². The summed E-state index contributed by atoms with van der Waals surface area (Å²) in [5, 5.41) is 1.16. The monoisotopic (exact) mass is 224 g/mol. The van der Waals surface area contributed by atoms with Crippen molar-refractivity contribution in [3.05, 3.63) is 0 Å². The molecule has 1 fully saturated rings. The van der Waals surface area contributed by atoms with E-state index < -0.39 is 11.7 Å². The number of carbonyl (C=O) groups excluding carboxylic acids is 1. The molecule has 2 N–H and O–H groups in total. The fourth-order valence-corrected chi connectivity index (χ4v) is 0.944. The van der Waals surface area contributed by atoms with Crippen molar-refractivity contribution in [3.8, 4) is 0 Å². The molecule has 0 unspecified atom stereocenters. The first-order valence-corrected chi connectivity index (χ1v) is 4.27. The molecule has 5 nitrogen and oxygen atoms in total. The zero-order valence-corrected chi connectivity index (χ0v) is 9.47. The molecule has 0 aromatic carbocycles. The molecule has 6 heteroatoms. The minimum Gasteiger partial charge on any atom is -0.442 e. The van der Waals surface area contributed by atoms with Crippen LogP contribution in [0.3, 0.4) is 0 Å². The lowest BCUT2D eigenvalue weighted by Gasteiger charge is -2.23. The van der Waals surface area contributed by atoms with Crippen LogP contribution in [0.2, 0.25) is 0 Å². The van der Waals surface area contributed by atoms with Gasteiger partial charge in [-0.15, -0.1) is 12.4 Å². The van der Waals surface area contributed by atoms with E-state index in [1.165, 1.54) is 0 Å². The van der Waals surface area contributed by atoms with E-state index >= 15 is 0 Å². The number of hydrogen-bond donors (Lipinski definition) is 1. The molecule has 0 aliphatic carbocycles. The minimum atomic E-state index is -0.493. The summed E-state index contributed by atoms with van der Waals surface area (Å²) in [6, 6.07) is -0.104. The van der Waals surface area contributed by atoms with Gasteiger partial charge in [-0.2, -0.15) is 5.06 Å². The van der Waals surface area contributed by atoms with Crippen LogP contribution in [0.1, 0.15) is 20.8 Å². The first-order chi connectivity index (χ1) is 5.88. The lowest BCUT2D eigenvalue weighted by Crippen LogP contribution is -2.36. The van der Waals surface area contributed by atoms with E-state index in [4.69, 9.17) is 15.3 Å². The summed E-state index contributed by atoms with van der Waals surface area (Å²) in [5.74, 6) is 0. The fraction of sp³-hybridized carbons (Fsp3) is 0.875. The third kappa shape index (κ3) is 4.13. The maximum Gasteiger partial charge on any atom is 0.434 e. The van der Waals surface area contributed by atoms with Crippen molar-refractivity contribution in [1.82, 2.24) is 5.06 Å². The van der Waals surface area contributed by atoms with Crippen LogP contribution in [0.15, 0.2) is 0 Å². The van der Waals surface area contributed by atoms with Gasteiger partial charge in [-0.3, -0.25) is 4.84 Å². The van der Waals surface area contributed by atoms with Gasteiger partial charge >= 0.3 is 6.09 Å². The molecule has 0 bridgehead atoms. The van der Waals surface area contributed by atoms with Crippen molar-refractivity contribution >= 4 is 18.5 Å². The number of rotatable bonds is 0. The maximum absolute atomic E-state index is 11.3. The summed E-state index contributed by atoms with van der Waals surface area (Å²) in [6.45, 7) is 6.19. The summed E-state index contributed by atoms with van der Waals surface area (Å²) >= 11 is 0. The second kappa shape index (κ2) is 4.82. The molecule has 0 saturated carbocycles. The Hall–Kier alpha value is -0.520. The summed E-state index contributed by atoms with van der Waals surface area (Å²) < 4.78 is 5.08. The Bertz CT molecular complexity index is 205. The number of nitrogens with two attached hydrogens (primary N) is 1. The van der Waals surface area contributed by atoms with Gasteiger partial charge in [0.2, 0.25) is 0 Å². The lowest BCUT2D eigenvalue weighted by atomic mass is 10.2. The van der Waals surface area contributed by atoms with Gasteiger partial charge in [-0.05, 0) is 20.8 Å². The third-order valence-corrected chi connectivity index (χ3v) is 1.44. The van der Waals surface area contributed by atoms with Gasteiger partial charge in [0.1, 0.15) is 5.60 Å². The summed E-state index contributed by atoms with van der Waals surface area (Å²) in [6.07, 6.45) is -0.472. The highest BCUT2D eigenvalue weighted by Gasteiger charge is 2.29. The highest BCUT2D eigenvalue weighted by Crippen LogP contribution is 2.12. The van der Waals surface area contributed by atoms with E-state index in [1.54, 1.807) is 20.8 Å². The van der Waals surface area contributed by atoms with Crippen LogP contribution < -0.4 is 5.73 Å². The van der Waals surface area contributed by atoms with E-state index in [-0.39, 0.29) is 18.4 Å². The molecular weight excluding hydrogens is 208 g/mol. The Labute approximate surface area is 89.9 Å². The molecule has 0 spiro atoms.